The van der Waals surface area contributed by atoms with Crippen LogP contribution < -0.4 is 10.1 Å². The zero-order valence-corrected chi connectivity index (χ0v) is 15.6. The van der Waals surface area contributed by atoms with Crippen LogP contribution in [0.5, 0.6) is 5.88 Å². The van der Waals surface area contributed by atoms with Crippen molar-refractivity contribution in [3.63, 3.8) is 0 Å². The number of nitrogens with one attached hydrogen (secondary N) is 1. The van der Waals surface area contributed by atoms with Crippen LogP contribution in [0.1, 0.15) is 49.4 Å². The van der Waals surface area contributed by atoms with Gasteiger partial charge in [0, 0.05) is 29.6 Å². The molecule has 0 radical (unpaired) electrons. The SMILES string of the molecule is CCCOc1cc(C(=O)NC2C[C@H]3CC[C@@H](C2)N3C)c2ccccc2n1. The average molecular weight is 353 g/mol. The largest absolute Gasteiger partial charge is 0.478 e. The first-order chi connectivity index (χ1) is 12.7. The molecule has 1 aromatic carbocycles. The van der Waals surface area contributed by atoms with Gasteiger partial charge in [0.2, 0.25) is 5.88 Å². The number of piperidine rings is 1. The number of para-hydroxylation sites is 1. The maximum atomic E-state index is 13.1. The molecule has 26 heavy (non-hydrogen) atoms. The summed E-state index contributed by atoms with van der Waals surface area (Å²) in [6, 6.07) is 11.0. The van der Waals surface area contributed by atoms with Gasteiger partial charge in [0.1, 0.15) is 0 Å². The van der Waals surface area contributed by atoms with E-state index >= 15 is 0 Å². The number of carbonyl (C=O) groups excluding carboxylic acids is 1. The summed E-state index contributed by atoms with van der Waals surface area (Å²) in [4.78, 5) is 20.1. The van der Waals surface area contributed by atoms with E-state index in [2.05, 4.69) is 29.2 Å². The summed E-state index contributed by atoms with van der Waals surface area (Å²) in [6.07, 6.45) is 5.50. The first kappa shape index (κ1) is 17.3. The number of rotatable bonds is 5. The number of hydrogen-bond acceptors (Lipinski definition) is 4. The first-order valence-electron chi connectivity index (χ1n) is 9.71. The fourth-order valence-electron chi connectivity index (χ4n) is 4.41. The quantitative estimate of drug-likeness (QED) is 0.895. The van der Waals surface area contributed by atoms with E-state index in [4.69, 9.17) is 4.74 Å². The summed E-state index contributed by atoms with van der Waals surface area (Å²) in [6.45, 7) is 2.66. The molecule has 2 saturated heterocycles. The smallest absolute Gasteiger partial charge is 0.252 e. The van der Waals surface area contributed by atoms with Crippen molar-refractivity contribution in [2.75, 3.05) is 13.7 Å². The van der Waals surface area contributed by atoms with Crippen molar-refractivity contribution in [2.24, 2.45) is 0 Å². The Bertz CT molecular complexity index is 793. The zero-order valence-electron chi connectivity index (χ0n) is 15.6. The number of pyridine rings is 1. The van der Waals surface area contributed by atoms with Crippen LogP contribution in [0.15, 0.2) is 30.3 Å². The van der Waals surface area contributed by atoms with Gasteiger partial charge in [-0.15, -0.1) is 0 Å². The van der Waals surface area contributed by atoms with Crippen molar-refractivity contribution >= 4 is 16.8 Å². The van der Waals surface area contributed by atoms with E-state index < -0.39 is 0 Å². The van der Waals surface area contributed by atoms with E-state index in [0.29, 0.717) is 30.1 Å². The number of benzene rings is 1. The Hall–Kier alpha value is -2.14. The van der Waals surface area contributed by atoms with Crippen molar-refractivity contribution < 1.29 is 9.53 Å². The summed E-state index contributed by atoms with van der Waals surface area (Å²) in [5, 5.41) is 4.16. The minimum atomic E-state index is -0.0149. The molecule has 0 spiro atoms. The third-order valence-corrected chi connectivity index (χ3v) is 5.82. The minimum absolute atomic E-state index is 0.0149. The van der Waals surface area contributed by atoms with Crippen molar-refractivity contribution in [3.8, 4) is 5.88 Å². The van der Waals surface area contributed by atoms with Crippen molar-refractivity contribution in [3.05, 3.63) is 35.9 Å². The third kappa shape index (κ3) is 3.28. The van der Waals surface area contributed by atoms with Crippen molar-refractivity contribution in [1.82, 2.24) is 15.2 Å². The summed E-state index contributed by atoms with van der Waals surface area (Å²) in [5.41, 5.74) is 1.46. The van der Waals surface area contributed by atoms with E-state index in [1.807, 2.05) is 24.3 Å². The van der Waals surface area contributed by atoms with Crippen LogP contribution in [-0.4, -0.2) is 47.6 Å². The molecule has 2 aliphatic heterocycles. The van der Waals surface area contributed by atoms with Gasteiger partial charge in [-0.25, -0.2) is 4.98 Å². The van der Waals surface area contributed by atoms with E-state index in [1.165, 1.54) is 12.8 Å². The Morgan fingerprint density at radius 2 is 2.00 bits per heavy atom. The van der Waals surface area contributed by atoms with Crippen LogP contribution in [0, 0.1) is 0 Å². The van der Waals surface area contributed by atoms with E-state index in [9.17, 15) is 4.79 Å². The van der Waals surface area contributed by atoms with E-state index in [-0.39, 0.29) is 11.9 Å². The monoisotopic (exact) mass is 353 g/mol. The lowest BCUT2D eigenvalue weighted by molar-refractivity contribution is 0.0883. The number of amides is 1. The van der Waals surface area contributed by atoms with Crippen LogP contribution in [-0.2, 0) is 0 Å². The summed E-state index contributed by atoms with van der Waals surface area (Å²) in [7, 11) is 2.22. The molecule has 4 rings (SSSR count). The molecule has 1 amide bonds. The van der Waals surface area contributed by atoms with Crippen molar-refractivity contribution in [2.45, 2.75) is 57.2 Å². The highest BCUT2D eigenvalue weighted by atomic mass is 16.5. The molecule has 3 atom stereocenters. The van der Waals surface area contributed by atoms with Crippen LogP contribution in [0.4, 0.5) is 0 Å². The van der Waals surface area contributed by atoms with Gasteiger partial charge in [-0.2, -0.15) is 0 Å². The summed E-state index contributed by atoms with van der Waals surface area (Å²) < 4.78 is 5.70. The van der Waals surface area contributed by atoms with Crippen molar-refractivity contribution in [1.29, 1.82) is 0 Å². The molecule has 2 fully saturated rings. The maximum absolute atomic E-state index is 13.1. The number of aromatic nitrogens is 1. The van der Waals surface area contributed by atoms with Crippen LogP contribution in [0.2, 0.25) is 0 Å². The molecular weight excluding hydrogens is 326 g/mol. The molecule has 2 aromatic rings. The molecule has 3 heterocycles. The molecule has 1 unspecified atom stereocenters. The Morgan fingerprint density at radius 1 is 1.27 bits per heavy atom. The standard InChI is InChI=1S/C21H27N3O2/c1-3-10-26-20-13-18(17-6-4-5-7-19(17)23-20)21(25)22-14-11-15-8-9-16(12-14)24(15)2/h4-7,13-16H,3,8-12H2,1-2H3,(H,22,25)/t14?,15-,16+. The number of nitrogens with zero attached hydrogens (tertiary/aromatic N) is 2. The Labute approximate surface area is 154 Å². The second-order valence-electron chi connectivity index (χ2n) is 7.57. The first-order valence-corrected chi connectivity index (χ1v) is 9.71. The predicted octanol–water partition coefficient (Wildman–Crippen LogP) is 3.38. The molecule has 5 nitrogen and oxygen atoms in total. The van der Waals surface area contributed by atoms with Crippen LogP contribution in [0.3, 0.4) is 0 Å². The van der Waals surface area contributed by atoms with Crippen LogP contribution in [0.25, 0.3) is 10.9 Å². The second-order valence-corrected chi connectivity index (χ2v) is 7.57. The maximum Gasteiger partial charge on any atom is 0.252 e. The molecule has 1 aromatic heterocycles. The second kappa shape index (κ2) is 7.23. The predicted molar refractivity (Wildman–Crippen MR) is 103 cm³/mol. The Balaban J connectivity index is 1.57. The highest BCUT2D eigenvalue weighted by Crippen LogP contribution is 2.34. The van der Waals surface area contributed by atoms with Gasteiger partial charge in [0.15, 0.2) is 0 Å². The number of carbonyl (C=O) groups is 1. The fourth-order valence-corrected chi connectivity index (χ4v) is 4.41. The van der Waals surface area contributed by atoms with Gasteiger partial charge in [0.05, 0.1) is 17.7 Å². The zero-order chi connectivity index (χ0) is 18.1. The normalized spacial score (nSPS) is 25.4. The van der Waals surface area contributed by atoms with Gasteiger partial charge >= 0.3 is 0 Å². The summed E-state index contributed by atoms with van der Waals surface area (Å²) in [5.74, 6) is 0.512. The average Bonchev–Trinajstić information content (AvgIpc) is 2.86. The fraction of sp³-hybridized carbons (Fsp3) is 0.524. The molecule has 1 N–H and O–H groups in total. The van der Waals surface area contributed by atoms with E-state index in [0.717, 1.165) is 30.2 Å². The molecular formula is C21H27N3O2. The molecule has 5 heteroatoms. The highest BCUT2D eigenvalue weighted by molar-refractivity contribution is 6.06. The molecule has 0 saturated carbocycles. The topological polar surface area (TPSA) is 54.5 Å². The summed E-state index contributed by atoms with van der Waals surface area (Å²) >= 11 is 0. The third-order valence-electron chi connectivity index (χ3n) is 5.82. The lowest BCUT2D eigenvalue weighted by Crippen LogP contribution is -2.48. The van der Waals surface area contributed by atoms with Gasteiger partial charge < -0.3 is 15.0 Å². The molecule has 0 aliphatic carbocycles. The molecule has 2 aliphatic rings. The number of fused-ring (bicyclic) bond motifs is 3. The van der Waals surface area contributed by atoms with Gasteiger partial charge in [-0.05, 0) is 45.2 Å². The minimum Gasteiger partial charge on any atom is -0.478 e. The van der Waals surface area contributed by atoms with Gasteiger partial charge in [-0.1, -0.05) is 25.1 Å². The number of ether oxygens (including phenoxy) is 1. The van der Waals surface area contributed by atoms with Gasteiger partial charge in [0.25, 0.3) is 5.91 Å². The molecule has 138 valence electrons. The van der Waals surface area contributed by atoms with Crippen LogP contribution >= 0.6 is 0 Å². The lowest BCUT2D eigenvalue weighted by atomic mass is 9.97. The number of hydrogen-bond donors (Lipinski definition) is 1. The van der Waals surface area contributed by atoms with Gasteiger partial charge in [-0.3, -0.25) is 4.79 Å². The Kier molecular flexibility index (Phi) is 4.81. The molecule has 2 bridgehead atoms. The highest BCUT2D eigenvalue weighted by Gasteiger charge is 2.38. The van der Waals surface area contributed by atoms with E-state index in [1.54, 1.807) is 6.07 Å². The lowest BCUT2D eigenvalue weighted by Gasteiger charge is -2.36. The Morgan fingerprint density at radius 3 is 2.73 bits per heavy atom.